The van der Waals surface area contributed by atoms with Gasteiger partial charge in [0.15, 0.2) is 5.78 Å². The van der Waals surface area contributed by atoms with Gasteiger partial charge in [0, 0.05) is 5.56 Å². The van der Waals surface area contributed by atoms with Crippen LogP contribution in [0.25, 0.3) is 0 Å². The molecular formula is C13H8ClFO. The Labute approximate surface area is 97.5 Å². The molecule has 0 radical (unpaired) electrons. The van der Waals surface area contributed by atoms with E-state index in [1.54, 1.807) is 30.3 Å². The van der Waals surface area contributed by atoms with Crippen molar-refractivity contribution in [1.29, 1.82) is 0 Å². The molecule has 0 atom stereocenters. The molecule has 0 aliphatic carbocycles. The highest BCUT2D eigenvalue weighted by Crippen LogP contribution is 2.22. The van der Waals surface area contributed by atoms with E-state index in [4.69, 9.17) is 11.6 Å². The van der Waals surface area contributed by atoms with Crippen LogP contribution in [0.3, 0.4) is 0 Å². The Morgan fingerprint density at radius 3 is 2.31 bits per heavy atom. The summed E-state index contributed by atoms with van der Waals surface area (Å²) < 4.78 is 13.5. The molecule has 0 aliphatic rings. The van der Waals surface area contributed by atoms with E-state index in [9.17, 15) is 9.18 Å². The fourth-order valence-electron chi connectivity index (χ4n) is 1.45. The van der Waals surface area contributed by atoms with Crippen molar-refractivity contribution in [3.05, 3.63) is 70.5 Å². The van der Waals surface area contributed by atoms with Gasteiger partial charge in [-0.1, -0.05) is 48.0 Å². The molecule has 0 bridgehead atoms. The maximum atomic E-state index is 13.5. The van der Waals surface area contributed by atoms with Gasteiger partial charge in [0.05, 0.1) is 10.6 Å². The number of carbonyl (C=O) groups is 1. The largest absolute Gasteiger partial charge is 0.288 e. The molecule has 0 N–H and O–H groups in total. The van der Waals surface area contributed by atoms with Gasteiger partial charge in [0.25, 0.3) is 0 Å². The smallest absolute Gasteiger partial charge is 0.197 e. The summed E-state index contributed by atoms with van der Waals surface area (Å²) in [5, 5.41) is 0.133. The van der Waals surface area contributed by atoms with Crippen molar-refractivity contribution in [2.24, 2.45) is 0 Å². The summed E-state index contributed by atoms with van der Waals surface area (Å²) in [6.45, 7) is 0. The van der Waals surface area contributed by atoms with Crippen LogP contribution in [0.4, 0.5) is 4.39 Å². The molecule has 0 unspecified atom stereocenters. The second-order valence-corrected chi connectivity index (χ2v) is 3.70. The monoisotopic (exact) mass is 234 g/mol. The Morgan fingerprint density at radius 1 is 1.00 bits per heavy atom. The summed E-state index contributed by atoms with van der Waals surface area (Å²) in [6.07, 6.45) is 0. The minimum absolute atomic E-state index is 0.0737. The number of halogens is 2. The van der Waals surface area contributed by atoms with Gasteiger partial charge >= 0.3 is 0 Å². The van der Waals surface area contributed by atoms with E-state index >= 15 is 0 Å². The summed E-state index contributed by atoms with van der Waals surface area (Å²) >= 11 is 5.81. The molecule has 0 saturated carbocycles. The van der Waals surface area contributed by atoms with E-state index in [1.165, 1.54) is 18.2 Å². The lowest BCUT2D eigenvalue weighted by Gasteiger charge is -2.04. The Hall–Kier alpha value is -1.67. The third-order valence-electron chi connectivity index (χ3n) is 2.23. The van der Waals surface area contributed by atoms with E-state index in [0.717, 1.165) is 0 Å². The number of carbonyl (C=O) groups excluding carboxylic acids is 1. The van der Waals surface area contributed by atoms with Crippen LogP contribution in [0.5, 0.6) is 0 Å². The molecule has 2 aromatic carbocycles. The van der Waals surface area contributed by atoms with Crippen molar-refractivity contribution in [2.45, 2.75) is 0 Å². The maximum absolute atomic E-state index is 13.5. The van der Waals surface area contributed by atoms with Crippen LogP contribution in [0.2, 0.25) is 5.02 Å². The van der Waals surface area contributed by atoms with E-state index in [2.05, 4.69) is 0 Å². The highest BCUT2D eigenvalue weighted by atomic mass is 35.5. The fourth-order valence-corrected chi connectivity index (χ4v) is 1.70. The zero-order valence-corrected chi connectivity index (χ0v) is 9.04. The normalized spacial score (nSPS) is 10.1. The highest BCUT2D eigenvalue weighted by molar-refractivity contribution is 6.35. The molecule has 2 aromatic rings. The van der Waals surface area contributed by atoms with Gasteiger partial charge in [0.1, 0.15) is 5.82 Å². The first kappa shape index (κ1) is 10.8. The van der Waals surface area contributed by atoms with Crippen molar-refractivity contribution in [3.63, 3.8) is 0 Å². The number of rotatable bonds is 2. The van der Waals surface area contributed by atoms with Crippen molar-refractivity contribution in [1.82, 2.24) is 0 Å². The molecule has 0 fully saturated rings. The lowest BCUT2D eigenvalue weighted by Crippen LogP contribution is -2.04. The van der Waals surface area contributed by atoms with Crippen LogP contribution in [0, 0.1) is 5.82 Å². The molecular weight excluding hydrogens is 227 g/mol. The Kier molecular flexibility index (Phi) is 3.02. The summed E-state index contributed by atoms with van der Waals surface area (Å²) in [7, 11) is 0. The minimum Gasteiger partial charge on any atom is -0.288 e. The van der Waals surface area contributed by atoms with Gasteiger partial charge in [-0.2, -0.15) is 0 Å². The molecule has 0 aromatic heterocycles. The molecule has 80 valence electrons. The van der Waals surface area contributed by atoms with Gasteiger partial charge in [-0.25, -0.2) is 4.39 Å². The van der Waals surface area contributed by atoms with Crippen LogP contribution in [0.1, 0.15) is 15.9 Å². The van der Waals surface area contributed by atoms with Crippen LogP contribution in [-0.4, -0.2) is 5.78 Å². The standard InChI is InChI=1S/C13H8ClFO/c14-10-7-4-8-11(15)12(10)13(16)9-5-2-1-3-6-9/h1-8H. The average molecular weight is 235 g/mol. The van der Waals surface area contributed by atoms with Gasteiger partial charge in [-0.15, -0.1) is 0 Å². The molecule has 0 amide bonds. The van der Waals surface area contributed by atoms with Crippen LogP contribution in [-0.2, 0) is 0 Å². The van der Waals surface area contributed by atoms with Crippen LogP contribution < -0.4 is 0 Å². The summed E-state index contributed by atoms with van der Waals surface area (Å²) in [4.78, 5) is 12.0. The minimum atomic E-state index is -0.596. The zero-order chi connectivity index (χ0) is 11.5. The Morgan fingerprint density at radius 2 is 1.69 bits per heavy atom. The van der Waals surface area contributed by atoms with Crippen molar-refractivity contribution < 1.29 is 9.18 Å². The lowest BCUT2D eigenvalue weighted by atomic mass is 10.0. The highest BCUT2D eigenvalue weighted by Gasteiger charge is 2.16. The SMILES string of the molecule is O=C(c1ccccc1)c1c(F)cccc1Cl. The summed E-state index contributed by atoms with van der Waals surface area (Å²) in [5.41, 5.74) is 0.352. The first-order valence-electron chi connectivity index (χ1n) is 4.74. The molecule has 0 spiro atoms. The Balaban J connectivity index is 2.50. The van der Waals surface area contributed by atoms with Crippen LogP contribution >= 0.6 is 11.6 Å². The zero-order valence-electron chi connectivity index (χ0n) is 8.28. The molecule has 3 heteroatoms. The Bertz CT molecular complexity index is 502. The number of benzene rings is 2. The summed E-state index contributed by atoms with van der Waals surface area (Å²) in [5.74, 6) is -0.995. The van der Waals surface area contributed by atoms with Gasteiger partial charge in [0.2, 0.25) is 0 Å². The van der Waals surface area contributed by atoms with E-state index in [0.29, 0.717) is 5.56 Å². The van der Waals surface area contributed by atoms with E-state index < -0.39 is 11.6 Å². The van der Waals surface area contributed by atoms with E-state index in [-0.39, 0.29) is 10.6 Å². The number of ketones is 1. The maximum Gasteiger partial charge on any atom is 0.197 e. The fraction of sp³-hybridized carbons (Fsp3) is 0. The summed E-state index contributed by atoms with van der Waals surface area (Å²) in [6, 6.07) is 12.7. The predicted octanol–water partition coefficient (Wildman–Crippen LogP) is 3.71. The lowest BCUT2D eigenvalue weighted by molar-refractivity contribution is 0.103. The van der Waals surface area contributed by atoms with E-state index in [1.807, 2.05) is 0 Å². The molecule has 0 aliphatic heterocycles. The molecule has 2 rings (SSSR count). The quantitative estimate of drug-likeness (QED) is 0.724. The molecule has 0 saturated heterocycles. The molecule has 1 nitrogen and oxygen atoms in total. The van der Waals surface area contributed by atoms with Gasteiger partial charge in [-0.3, -0.25) is 4.79 Å². The van der Waals surface area contributed by atoms with Crippen molar-refractivity contribution >= 4 is 17.4 Å². The average Bonchev–Trinajstić information content (AvgIpc) is 2.30. The first-order chi connectivity index (χ1) is 7.70. The number of hydrogen-bond acceptors (Lipinski definition) is 1. The predicted molar refractivity (Wildman–Crippen MR) is 61.3 cm³/mol. The third kappa shape index (κ3) is 1.97. The third-order valence-corrected chi connectivity index (χ3v) is 2.54. The van der Waals surface area contributed by atoms with Gasteiger partial charge in [-0.05, 0) is 12.1 Å². The topological polar surface area (TPSA) is 17.1 Å². The van der Waals surface area contributed by atoms with Crippen molar-refractivity contribution in [3.8, 4) is 0 Å². The molecule has 16 heavy (non-hydrogen) atoms. The second kappa shape index (κ2) is 4.45. The molecule has 0 heterocycles. The number of hydrogen-bond donors (Lipinski definition) is 0. The first-order valence-corrected chi connectivity index (χ1v) is 5.11. The van der Waals surface area contributed by atoms with Crippen LogP contribution in [0.15, 0.2) is 48.5 Å². The second-order valence-electron chi connectivity index (χ2n) is 3.29. The van der Waals surface area contributed by atoms with Gasteiger partial charge < -0.3 is 0 Å². The van der Waals surface area contributed by atoms with Crippen molar-refractivity contribution in [2.75, 3.05) is 0 Å².